The van der Waals surface area contributed by atoms with Crippen LogP contribution in [0.2, 0.25) is 0 Å². The Hall–Kier alpha value is -0.590. The van der Waals surface area contributed by atoms with Gasteiger partial charge in [0.1, 0.15) is 5.78 Å². The molecule has 0 aromatic carbocycles. The second-order valence-corrected chi connectivity index (χ2v) is 4.52. The van der Waals surface area contributed by atoms with E-state index in [0.29, 0.717) is 23.5 Å². The molecule has 0 amide bonds. The first kappa shape index (κ1) is 8.03. The summed E-state index contributed by atoms with van der Waals surface area (Å²) in [5.41, 5.74) is -0.0561. The van der Waals surface area contributed by atoms with Gasteiger partial charge in [-0.25, -0.2) is 0 Å². The fourth-order valence-electron chi connectivity index (χ4n) is 2.91. The van der Waals surface area contributed by atoms with Crippen molar-refractivity contribution in [3.05, 3.63) is 12.2 Å². The van der Waals surface area contributed by atoms with E-state index >= 15 is 0 Å². The van der Waals surface area contributed by atoms with Gasteiger partial charge in [-0.05, 0) is 31.1 Å². The third kappa shape index (κ3) is 0.720. The van der Waals surface area contributed by atoms with Crippen LogP contribution in [0.25, 0.3) is 0 Å². The molecular weight excluding hydrogens is 148 g/mol. The second kappa shape index (κ2) is 2.21. The number of rotatable bonds is 1. The molecule has 2 aliphatic rings. The average Bonchev–Trinajstić information content (AvgIpc) is 2.55. The number of ketones is 1. The van der Waals surface area contributed by atoms with Crippen LogP contribution in [-0.2, 0) is 4.79 Å². The highest BCUT2D eigenvalue weighted by atomic mass is 16.1. The van der Waals surface area contributed by atoms with E-state index in [2.05, 4.69) is 26.0 Å². The Labute approximate surface area is 73.8 Å². The van der Waals surface area contributed by atoms with E-state index in [0.717, 1.165) is 0 Å². The Morgan fingerprint density at radius 1 is 1.50 bits per heavy atom. The van der Waals surface area contributed by atoms with E-state index < -0.39 is 0 Å². The lowest BCUT2D eigenvalue weighted by Gasteiger charge is -2.34. The van der Waals surface area contributed by atoms with Crippen molar-refractivity contribution in [3.63, 3.8) is 0 Å². The molecule has 1 saturated carbocycles. The van der Waals surface area contributed by atoms with Crippen LogP contribution in [-0.4, -0.2) is 5.78 Å². The molecule has 0 heterocycles. The lowest BCUT2D eigenvalue weighted by atomic mass is 9.68. The Bertz CT molecular complexity index is 254. The zero-order valence-corrected chi connectivity index (χ0v) is 8.00. The Balaban J connectivity index is 2.39. The van der Waals surface area contributed by atoms with Crippen LogP contribution in [0, 0.1) is 23.2 Å². The molecule has 0 spiro atoms. The lowest BCUT2D eigenvalue weighted by Crippen LogP contribution is -2.36. The van der Waals surface area contributed by atoms with Gasteiger partial charge in [0, 0.05) is 5.41 Å². The van der Waals surface area contributed by atoms with Crippen LogP contribution < -0.4 is 0 Å². The van der Waals surface area contributed by atoms with E-state index in [1.807, 2.05) is 0 Å². The van der Waals surface area contributed by atoms with Crippen molar-refractivity contribution in [1.82, 2.24) is 0 Å². The Morgan fingerprint density at radius 3 is 2.50 bits per heavy atom. The minimum Gasteiger partial charge on any atom is -0.299 e. The van der Waals surface area contributed by atoms with Crippen molar-refractivity contribution in [1.29, 1.82) is 0 Å². The van der Waals surface area contributed by atoms with Crippen molar-refractivity contribution in [2.45, 2.75) is 27.2 Å². The van der Waals surface area contributed by atoms with Gasteiger partial charge in [-0.15, -0.1) is 0 Å². The third-order valence-corrected chi connectivity index (χ3v) is 4.23. The fourth-order valence-corrected chi connectivity index (χ4v) is 2.91. The molecule has 2 rings (SSSR count). The van der Waals surface area contributed by atoms with Gasteiger partial charge in [0.2, 0.25) is 0 Å². The monoisotopic (exact) mass is 164 g/mol. The Kier molecular flexibility index (Phi) is 1.48. The summed E-state index contributed by atoms with van der Waals surface area (Å²) in [6.07, 6.45) is 5.74. The number of Topliss-reactive ketones (excluding diaryl/α,β-unsaturated/α-hetero) is 1. The maximum Gasteiger partial charge on any atom is 0.136 e. The minimum absolute atomic E-state index is 0.0561. The van der Waals surface area contributed by atoms with Crippen molar-refractivity contribution in [2.24, 2.45) is 23.2 Å². The normalized spacial score (nSPS) is 50.1. The topological polar surface area (TPSA) is 17.1 Å². The van der Waals surface area contributed by atoms with E-state index in [-0.39, 0.29) is 5.41 Å². The third-order valence-electron chi connectivity index (χ3n) is 4.23. The van der Waals surface area contributed by atoms with Gasteiger partial charge in [-0.3, -0.25) is 4.79 Å². The van der Waals surface area contributed by atoms with Crippen LogP contribution >= 0.6 is 0 Å². The first-order chi connectivity index (χ1) is 5.56. The quantitative estimate of drug-likeness (QED) is 0.544. The molecule has 0 aromatic rings. The molecular formula is C11H16O. The number of carbonyl (C=O) groups excluding carboxylic acids is 1. The van der Waals surface area contributed by atoms with Crippen molar-refractivity contribution >= 4 is 5.78 Å². The maximum atomic E-state index is 11.5. The maximum absolute atomic E-state index is 11.5. The standard InChI is InChI=1S/C11H16O/c1-7-9-4-5-10(6-9)11(7,3)8(2)12/h4-5,7,9-10H,6H2,1-3H3/t7-,9+,10-,11-/m1/s1. The highest BCUT2D eigenvalue weighted by molar-refractivity contribution is 5.83. The van der Waals surface area contributed by atoms with Crippen molar-refractivity contribution < 1.29 is 4.79 Å². The van der Waals surface area contributed by atoms with Crippen LogP contribution in [0.4, 0.5) is 0 Å². The first-order valence-corrected chi connectivity index (χ1v) is 4.76. The summed E-state index contributed by atoms with van der Waals surface area (Å²) < 4.78 is 0. The molecule has 12 heavy (non-hydrogen) atoms. The second-order valence-electron chi connectivity index (χ2n) is 4.52. The molecule has 0 aromatic heterocycles. The number of hydrogen-bond acceptors (Lipinski definition) is 1. The predicted molar refractivity (Wildman–Crippen MR) is 48.7 cm³/mol. The van der Waals surface area contributed by atoms with Gasteiger partial charge in [0.25, 0.3) is 0 Å². The Morgan fingerprint density at radius 2 is 2.17 bits per heavy atom. The van der Waals surface area contributed by atoms with E-state index in [1.165, 1.54) is 6.42 Å². The number of allylic oxidation sites excluding steroid dienone is 2. The van der Waals surface area contributed by atoms with Gasteiger partial charge < -0.3 is 0 Å². The summed E-state index contributed by atoms with van der Waals surface area (Å²) in [7, 11) is 0. The summed E-state index contributed by atoms with van der Waals surface area (Å²) >= 11 is 0. The molecule has 0 saturated heterocycles. The number of hydrogen-bond donors (Lipinski definition) is 0. The van der Waals surface area contributed by atoms with Crippen molar-refractivity contribution in [3.8, 4) is 0 Å². The molecule has 0 unspecified atom stereocenters. The smallest absolute Gasteiger partial charge is 0.136 e. The van der Waals surface area contributed by atoms with Crippen LogP contribution in [0.3, 0.4) is 0 Å². The number of fused-ring (bicyclic) bond motifs is 2. The molecule has 0 N–H and O–H groups in total. The van der Waals surface area contributed by atoms with E-state index in [1.54, 1.807) is 6.92 Å². The fraction of sp³-hybridized carbons (Fsp3) is 0.727. The van der Waals surface area contributed by atoms with Crippen LogP contribution in [0.5, 0.6) is 0 Å². The average molecular weight is 164 g/mol. The van der Waals surface area contributed by atoms with E-state index in [9.17, 15) is 4.79 Å². The van der Waals surface area contributed by atoms with Crippen LogP contribution in [0.1, 0.15) is 27.2 Å². The molecule has 66 valence electrons. The van der Waals surface area contributed by atoms with Gasteiger partial charge in [0.15, 0.2) is 0 Å². The molecule has 2 aliphatic carbocycles. The zero-order chi connectivity index (χ0) is 8.93. The molecule has 1 fully saturated rings. The minimum atomic E-state index is -0.0561. The summed E-state index contributed by atoms with van der Waals surface area (Å²) in [4.78, 5) is 11.5. The van der Waals surface area contributed by atoms with Crippen molar-refractivity contribution in [2.75, 3.05) is 0 Å². The molecule has 1 heteroatoms. The zero-order valence-electron chi connectivity index (χ0n) is 8.00. The number of carbonyl (C=O) groups is 1. The summed E-state index contributed by atoms with van der Waals surface area (Å²) in [6, 6.07) is 0. The van der Waals surface area contributed by atoms with Gasteiger partial charge >= 0.3 is 0 Å². The SMILES string of the molecule is CC(=O)[C@]1(C)[C@@H]2C=C[C@@H](C2)[C@H]1C. The molecule has 0 radical (unpaired) electrons. The lowest BCUT2D eigenvalue weighted by molar-refractivity contribution is -0.129. The van der Waals surface area contributed by atoms with Gasteiger partial charge in [0.05, 0.1) is 0 Å². The summed E-state index contributed by atoms with van der Waals surface area (Å²) in [5.74, 6) is 2.11. The highest BCUT2D eigenvalue weighted by Crippen LogP contribution is 2.56. The largest absolute Gasteiger partial charge is 0.299 e. The summed E-state index contributed by atoms with van der Waals surface area (Å²) in [5, 5.41) is 0. The predicted octanol–water partition coefficient (Wildman–Crippen LogP) is 2.42. The summed E-state index contributed by atoms with van der Waals surface area (Å²) in [6.45, 7) is 6.09. The molecule has 0 aliphatic heterocycles. The first-order valence-electron chi connectivity index (χ1n) is 4.76. The van der Waals surface area contributed by atoms with Gasteiger partial charge in [-0.2, -0.15) is 0 Å². The van der Waals surface area contributed by atoms with Crippen LogP contribution in [0.15, 0.2) is 12.2 Å². The molecule has 4 atom stereocenters. The highest BCUT2D eigenvalue weighted by Gasteiger charge is 2.53. The molecule has 2 bridgehead atoms. The molecule has 1 nitrogen and oxygen atoms in total. The van der Waals surface area contributed by atoms with Gasteiger partial charge in [-0.1, -0.05) is 26.0 Å². The van der Waals surface area contributed by atoms with E-state index in [4.69, 9.17) is 0 Å².